The molecule has 0 radical (unpaired) electrons. The molecule has 3 heterocycles. The molecule has 0 fully saturated rings. The average molecular weight is 297 g/mol. The molecular formula is C16H15N3OS. The van der Waals surface area contributed by atoms with Gasteiger partial charge in [0.15, 0.2) is 10.4 Å². The van der Waals surface area contributed by atoms with Gasteiger partial charge in [0.25, 0.3) is 0 Å². The normalized spacial score (nSPS) is 16.9. The lowest BCUT2D eigenvalue weighted by atomic mass is 10.1. The van der Waals surface area contributed by atoms with E-state index in [4.69, 9.17) is 17.0 Å². The predicted molar refractivity (Wildman–Crippen MR) is 84.2 cm³/mol. The minimum Gasteiger partial charge on any atom is -0.488 e. The summed E-state index contributed by atoms with van der Waals surface area (Å²) < 4.78 is 8.72. The monoisotopic (exact) mass is 297 g/mol. The number of hydrogen-bond donors (Lipinski definition) is 1. The van der Waals surface area contributed by atoms with E-state index in [0.29, 0.717) is 11.3 Å². The molecule has 1 N–H and O–H groups in total. The Bertz CT molecular complexity index is 856. The van der Waals surface area contributed by atoms with E-state index in [-0.39, 0.29) is 6.10 Å². The summed E-state index contributed by atoms with van der Waals surface area (Å²) >= 11 is 5.43. The molecule has 4 rings (SSSR count). The van der Waals surface area contributed by atoms with E-state index in [1.807, 2.05) is 35.9 Å². The van der Waals surface area contributed by atoms with Crippen LogP contribution in [0.4, 0.5) is 0 Å². The lowest BCUT2D eigenvalue weighted by molar-refractivity contribution is 0.210. The number of aromatic amines is 1. The molecule has 1 aliphatic rings. The molecule has 106 valence electrons. The Hall–Kier alpha value is -2.14. The number of aryl methyl sites for hydroxylation is 1. The molecule has 1 aliphatic heterocycles. The molecular weight excluding hydrogens is 282 g/mol. The van der Waals surface area contributed by atoms with Crippen molar-refractivity contribution in [2.24, 2.45) is 0 Å². The Morgan fingerprint density at radius 3 is 3.14 bits per heavy atom. The number of nitrogens with zero attached hydrogens (tertiary/aromatic N) is 2. The smallest absolute Gasteiger partial charge is 0.179 e. The summed E-state index contributed by atoms with van der Waals surface area (Å²) in [5.41, 5.74) is 4.26. The molecule has 0 aliphatic carbocycles. The molecule has 3 aromatic rings. The summed E-state index contributed by atoms with van der Waals surface area (Å²) in [6, 6.07) is 10.3. The zero-order valence-electron chi connectivity index (χ0n) is 11.7. The van der Waals surface area contributed by atoms with Gasteiger partial charge in [-0.05, 0) is 42.4 Å². The lowest BCUT2D eigenvalue weighted by Gasteiger charge is -2.11. The Kier molecular flexibility index (Phi) is 2.82. The van der Waals surface area contributed by atoms with Gasteiger partial charge in [0, 0.05) is 12.6 Å². The first-order valence-corrected chi connectivity index (χ1v) is 7.41. The molecule has 1 atom stereocenters. The van der Waals surface area contributed by atoms with E-state index < -0.39 is 0 Å². The fourth-order valence-corrected chi connectivity index (χ4v) is 3.15. The van der Waals surface area contributed by atoms with E-state index in [1.165, 1.54) is 5.56 Å². The number of benzene rings is 1. The topological polar surface area (TPSA) is 42.8 Å². The van der Waals surface area contributed by atoms with Crippen LogP contribution in [0.1, 0.15) is 11.1 Å². The summed E-state index contributed by atoms with van der Waals surface area (Å²) in [7, 11) is 0. The molecule has 0 bridgehead atoms. The van der Waals surface area contributed by atoms with Crippen LogP contribution in [0.15, 0.2) is 36.5 Å². The zero-order valence-corrected chi connectivity index (χ0v) is 12.5. The predicted octanol–water partition coefficient (Wildman–Crippen LogP) is 3.41. The quantitative estimate of drug-likeness (QED) is 0.737. The van der Waals surface area contributed by atoms with Crippen LogP contribution in [0.5, 0.6) is 5.75 Å². The number of imidazole rings is 1. The fourth-order valence-electron chi connectivity index (χ4n) is 2.88. The molecule has 1 aromatic carbocycles. The average Bonchev–Trinajstić information content (AvgIpc) is 3.00. The second-order valence-corrected chi connectivity index (χ2v) is 5.86. The van der Waals surface area contributed by atoms with Crippen molar-refractivity contribution < 1.29 is 4.74 Å². The van der Waals surface area contributed by atoms with Gasteiger partial charge in [-0.25, -0.2) is 4.98 Å². The molecule has 1 unspecified atom stereocenters. The lowest BCUT2D eigenvalue weighted by Crippen LogP contribution is -2.21. The van der Waals surface area contributed by atoms with E-state index in [2.05, 4.69) is 22.1 Å². The van der Waals surface area contributed by atoms with Crippen LogP contribution in [0, 0.1) is 11.7 Å². The maximum atomic E-state index is 6.00. The standard InChI is InChI=1S/C16H15N3OS/c1-10-6-13-15(17-8-10)19(16(21)18-13)9-12-7-11-4-2-3-5-14(11)20-12/h2-6,8,12H,7,9H2,1H3,(H,18,21). The minimum absolute atomic E-state index is 0.108. The van der Waals surface area contributed by atoms with Crippen LogP contribution >= 0.6 is 12.2 Å². The minimum atomic E-state index is 0.108. The van der Waals surface area contributed by atoms with E-state index in [1.54, 1.807) is 0 Å². The van der Waals surface area contributed by atoms with Gasteiger partial charge in [0.2, 0.25) is 0 Å². The van der Waals surface area contributed by atoms with Gasteiger partial charge < -0.3 is 9.72 Å². The largest absolute Gasteiger partial charge is 0.488 e. The Morgan fingerprint density at radius 1 is 1.43 bits per heavy atom. The molecule has 0 amide bonds. The molecule has 2 aromatic heterocycles. The van der Waals surface area contributed by atoms with E-state index >= 15 is 0 Å². The van der Waals surface area contributed by atoms with Gasteiger partial charge in [-0.2, -0.15) is 0 Å². The van der Waals surface area contributed by atoms with Crippen LogP contribution in [0.3, 0.4) is 0 Å². The van der Waals surface area contributed by atoms with Gasteiger partial charge in [-0.3, -0.25) is 4.57 Å². The Balaban J connectivity index is 1.67. The van der Waals surface area contributed by atoms with Crippen molar-refractivity contribution in [3.63, 3.8) is 0 Å². The maximum Gasteiger partial charge on any atom is 0.179 e. The summed E-state index contributed by atoms with van der Waals surface area (Å²) in [4.78, 5) is 7.72. The zero-order chi connectivity index (χ0) is 14.4. The first kappa shape index (κ1) is 12.6. The van der Waals surface area contributed by atoms with Gasteiger partial charge in [-0.1, -0.05) is 18.2 Å². The molecule has 4 nitrogen and oxygen atoms in total. The van der Waals surface area contributed by atoms with Crippen LogP contribution in [-0.4, -0.2) is 20.6 Å². The van der Waals surface area contributed by atoms with Crippen molar-refractivity contribution in [3.05, 3.63) is 52.4 Å². The molecule has 21 heavy (non-hydrogen) atoms. The van der Waals surface area contributed by atoms with Crippen LogP contribution in [-0.2, 0) is 13.0 Å². The van der Waals surface area contributed by atoms with Crippen molar-refractivity contribution in [3.8, 4) is 5.75 Å². The Morgan fingerprint density at radius 2 is 2.29 bits per heavy atom. The van der Waals surface area contributed by atoms with Crippen molar-refractivity contribution in [2.75, 3.05) is 0 Å². The van der Waals surface area contributed by atoms with Crippen LogP contribution in [0.2, 0.25) is 0 Å². The maximum absolute atomic E-state index is 6.00. The van der Waals surface area contributed by atoms with E-state index in [0.717, 1.165) is 28.9 Å². The number of hydrogen-bond acceptors (Lipinski definition) is 3. The number of ether oxygens (including phenoxy) is 1. The first-order valence-electron chi connectivity index (χ1n) is 7.00. The highest BCUT2D eigenvalue weighted by Gasteiger charge is 2.23. The highest BCUT2D eigenvalue weighted by molar-refractivity contribution is 7.71. The van der Waals surface area contributed by atoms with Gasteiger partial charge in [0.1, 0.15) is 11.9 Å². The molecule has 5 heteroatoms. The number of fused-ring (bicyclic) bond motifs is 2. The van der Waals surface area contributed by atoms with Crippen molar-refractivity contribution in [1.29, 1.82) is 0 Å². The second kappa shape index (κ2) is 4.70. The highest BCUT2D eigenvalue weighted by atomic mass is 32.1. The summed E-state index contributed by atoms with van der Waals surface area (Å²) in [6.07, 6.45) is 2.89. The van der Waals surface area contributed by atoms with Crippen LogP contribution < -0.4 is 4.74 Å². The SMILES string of the molecule is Cc1cnc2c(c1)[nH]c(=S)n2CC1Cc2ccccc2O1. The Labute approximate surface area is 127 Å². The second-order valence-electron chi connectivity index (χ2n) is 5.48. The summed E-state index contributed by atoms with van der Waals surface area (Å²) in [5, 5.41) is 0. The molecule has 0 saturated carbocycles. The van der Waals surface area contributed by atoms with Crippen molar-refractivity contribution in [1.82, 2.24) is 14.5 Å². The van der Waals surface area contributed by atoms with E-state index in [9.17, 15) is 0 Å². The molecule has 0 spiro atoms. The summed E-state index contributed by atoms with van der Waals surface area (Å²) in [6.45, 7) is 2.74. The number of rotatable bonds is 2. The fraction of sp³-hybridized carbons (Fsp3) is 0.250. The van der Waals surface area contributed by atoms with Crippen molar-refractivity contribution >= 4 is 23.4 Å². The number of H-pyrrole nitrogens is 1. The third kappa shape index (κ3) is 2.14. The van der Waals surface area contributed by atoms with Gasteiger partial charge in [0.05, 0.1) is 12.1 Å². The van der Waals surface area contributed by atoms with Gasteiger partial charge >= 0.3 is 0 Å². The van der Waals surface area contributed by atoms with Crippen molar-refractivity contribution in [2.45, 2.75) is 26.0 Å². The third-order valence-electron chi connectivity index (χ3n) is 3.85. The number of pyridine rings is 1. The third-order valence-corrected chi connectivity index (χ3v) is 4.17. The van der Waals surface area contributed by atoms with Crippen LogP contribution in [0.25, 0.3) is 11.2 Å². The first-order chi connectivity index (χ1) is 10.2. The number of nitrogens with one attached hydrogen (secondary N) is 1. The number of aromatic nitrogens is 3. The van der Waals surface area contributed by atoms with Gasteiger partial charge in [-0.15, -0.1) is 0 Å². The molecule has 0 saturated heterocycles. The summed E-state index contributed by atoms with van der Waals surface area (Å²) in [5.74, 6) is 0.984. The highest BCUT2D eigenvalue weighted by Crippen LogP contribution is 2.29. The number of para-hydroxylation sites is 1.